The van der Waals surface area contributed by atoms with Gasteiger partial charge in [-0.05, 0) is 56.9 Å². The number of nitrogens with zero attached hydrogens (tertiary/aromatic N) is 2. The van der Waals surface area contributed by atoms with Crippen molar-refractivity contribution in [3.63, 3.8) is 0 Å². The number of aromatic nitrogens is 2. The highest BCUT2D eigenvalue weighted by Crippen LogP contribution is 2.20. The highest BCUT2D eigenvalue weighted by molar-refractivity contribution is 5.40. The van der Waals surface area contributed by atoms with Crippen molar-refractivity contribution in [1.82, 2.24) is 15.1 Å². The highest BCUT2D eigenvalue weighted by Gasteiger charge is 2.15. The fraction of sp³-hybridized carbons (Fsp3) is 0.500. The number of hydrogen-bond acceptors (Lipinski definition) is 2. The van der Waals surface area contributed by atoms with Crippen LogP contribution >= 0.6 is 0 Å². The maximum absolute atomic E-state index is 4.59. The molecule has 1 saturated carbocycles. The summed E-state index contributed by atoms with van der Waals surface area (Å²) in [5.74, 6) is 0. The van der Waals surface area contributed by atoms with Crippen LogP contribution in [0, 0.1) is 20.8 Å². The van der Waals surface area contributed by atoms with Crippen molar-refractivity contribution in [2.45, 2.75) is 59.0 Å². The first kappa shape index (κ1) is 14.3. The van der Waals surface area contributed by atoms with E-state index in [9.17, 15) is 0 Å². The SMILES string of the molecule is Cc1cc(C)cc(-n2ncc(CNC3CCCC3)c2C)c1. The second kappa shape index (κ2) is 6.02. The van der Waals surface area contributed by atoms with Crippen LogP contribution in [-0.4, -0.2) is 15.8 Å². The standard InChI is InChI=1S/C18H25N3/c1-13-8-14(2)10-18(9-13)21-15(3)16(12-20-21)11-19-17-6-4-5-7-17/h8-10,12,17,19H,4-7,11H2,1-3H3. The lowest BCUT2D eigenvalue weighted by Gasteiger charge is -2.12. The summed E-state index contributed by atoms with van der Waals surface area (Å²) in [4.78, 5) is 0. The van der Waals surface area contributed by atoms with Crippen LogP contribution in [0.4, 0.5) is 0 Å². The molecular weight excluding hydrogens is 258 g/mol. The Kier molecular flexibility index (Phi) is 4.11. The van der Waals surface area contributed by atoms with Crippen molar-refractivity contribution in [3.05, 3.63) is 46.8 Å². The van der Waals surface area contributed by atoms with Crippen molar-refractivity contribution in [2.75, 3.05) is 0 Å². The van der Waals surface area contributed by atoms with Crippen LogP contribution < -0.4 is 5.32 Å². The van der Waals surface area contributed by atoms with Crippen LogP contribution in [-0.2, 0) is 6.54 Å². The Bertz CT molecular complexity index is 601. The first-order valence-electron chi connectivity index (χ1n) is 7.99. The van der Waals surface area contributed by atoms with Gasteiger partial charge in [-0.3, -0.25) is 0 Å². The van der Waals surface area contributed by atoms with Gasteiger partial charge in [-0.2, -0.15) is 5.10 Å². The molecule has 1 aromatic carbocycles. The van der Waals surface area contributed by atoms with E-state index in [1.54, 1.807) is 0 Å². The molecular formula is C18H25N3. The molecule has 1 N–H and O–H groups in total. The molecule has 21 heavy (non-hydrogen) atoms. The maximum Gasteiger partial charge on any atom is 0.0654 e. The van der Waals surface area contributed by atoms with E-state index in [4.69, 9.17) is 0 Å². The van der Waals surface area contributed by atoms with Gasteiger partial charge in [0.15, 0.2) is 0 Å². The molecule has 3 nitrogen and oxygen atoms in total. The van der Waals surface area contributed by atoms with E-state index in [2.05, 4.69) is 54.1 Å². The summed E-state index contributed by atoms with van der Waals surface area (Å²) in [7, 11) is 0. The van der Waals surface area contributed by atoms with Gasteiger partial charge in [0.2, 0.25) is 0 Å². The fourth-order valence-electron chi connectivity index (χ4n) is 3.33. The summed E-state index contributed by atoms with van der Waals surface area (Å²) in [6.07, 6.45) is 7.40. The zero-order chi connectivity index (χ0) is 14.8. The molecule has 1 aromatic heterocycles. The lowest BCUT2D eigenvalue weighted by Crippen LogP contribution is -2.25. The molecule has 0 radical (unpaired) electrons. The molecule has 112 valence electrons. The smallest absolute Gasteiger partial charge is 0.0654 e. The molecule has 1 aliphatic carbocycles. The number of rotatable bonds is 4. The lowest BCUT2D eigenvalue weighted by atomic mass is 10.1. The quantitative estimate of drug-likeness (QED) is 0.924. The second-order valence-electron chi connectivity index (χ2n) is 6.38. The predicted molar refractivity (Wildman–Crippen MR) is 86.9 cm³/mol. The van der Waals surface area contributed by atoms with Crippen molar-refractivity contribution < 1.29 is 0 Å². The van der Waals surface area contributed by atoms with Crippen LogP contribution in [0.15, 0.2) is 24.4 Å². The molecule has 0 saturated heterocycles. The van der Waals surface area contributed by atoms with Crippen LogP contribution in [0.3, 0.4) is 0 Å². The Labute approximate surface area is 127 Å². The van der Waals surface area contributed by atoms with Crippen LogP contribution in [0.25, 0.3) is 5.69 Å². The number of hydrogen-bond donors (Lipinski definition) is 1. The van der Waals surface area contributed by atoms with Gasteiger partial charge >= 0.3 is 0 Å². The molecule has 0 atom stereocenters. The second-order valence-corrected chi connectivity index (χ2v) is 6.38. The molecule has 2 aromatic rings. The van der Waals surface area contributed by atoms with E-state index in [-0.39, 0.29) is 0 Å². The first-order valence-corrected chi connectivity index (χ1v) is 7.99. The van der Waals surface area contributed by atoms with E-state index in [1.807, 2.05) is 6.20 Å². The molecule has 0 aliphatic heterocycles. The minimum Gasteiger partial charge on any atom is -0.310 e. The van der Waals surface area contributed by atoms with Crippen molar-refractivity contribution in [3.8, 4) is 5.69 Å². The largest absolute Gasteiger partial charge is 0.310 e. The van der Waals surface area contributed by atoms with Crippen molar-refractivity contribution >= 4 is 0 Å². The Morgan fingerprint density at radius 1 is 1.10 bits per heavy atom. The molecule has 3 heteroatoms. The number of nitrogens with one attached hydrogen (secondary N) is 1. The van der Waals surface area contributed by atoms with E-state index in [1.165, 1.54) is 48.1 Å². The third-order valence-electron chi connectivity index (χ3n) is 4.50. The van der Waals surface area contributed by atoms with Crippen LogP contribution in [0.1, 0.15) is 48.1 Å². The molecule has 1 aliphatic rings. The van der Waals surface area contributed by atoms with Gasteiger partial charge in [0.25, 0.3) is 0 Å². The molecule has 3 rings (SSSR count). The fourth-order valence-corrected chi connectivity index (χ4v) is 3.33. The number of aryl methyl sites for hydroxylation is 2. The van der Waals surface area contributed by atoms with Crippen molar-refractivity contribution in [1.29, 1.82) is 0 Å². The summed E-state index contributed by atoms with van der Waals surface area (Å²) in [5.41, 5.74) is 6.28. The van der Waals surface area contributed by atoms with Gasteiger partial charge < -0.3 is 5.32 Å². The minimum atomic E-state index is 0.703. The van der Waals surface area contributed by atoms with Crippen LogP contribution in [0.2, 0.25) is 0 Å². The summed E-state index contributed by atoms with van der Waals surface area (Å²) in [5, 5.41) is 8.26. The number of benzene rings is 1. The maximum atomic E-state index is 4.59. The molecule has 0 bridgehead atoms. The Morgan fingerprint density at radius 2 is 1.76 bits per heavy atom. The first-order chi connectivity index (χ1) is 10.1. The van der Waals surface area contributed by atoms with Gasteiger partial charge in [-0.15, -0.1) is 0 Å². The van der Waals surface area contributed by atoms with E-state index in [0.29, 0.717) is 6.04 Å². The minimum absolute atomic E-state index is 0.703. The zero-order valence-corrected chi connectivity index (χ0v) is 13.3. The summed E-state index contributed by atoms with van der Waals surface area (Å²) in [6.45, 7) is 7.37. The average Bonchev–Trinajstić information content (AvgIpc) is 3.05. The molecule has 0 amide bonds. The van der Waals surface area contributed by atoms with E-state index >= 15 is 0 Å². The Hall–Kier alpha value is -1.61. The molecule has 1 fully saturated rings. The monoisotopic (exact) mass is 283 g/mol. The molecule has 1 heterocycles. The van der Waals surface area contributed by atoms with Crippen LogP contribution in [0.5, 0.6) is 0 Å². The average molecular weight is 283 g/mol. The Morgan fingerprint density at radius 3 is 2.43 bits per heavy atom. The summed E-state index contributed by atoms with van der Waals surface area (Å²) >= 11 is 0. The van der Waals surface area contributed by atoms with Gasteiger partial charge in [-0.25, -0.2) is 4.68 Å². The highest BCUT2D eigenvalue weighted by atomic mass is 15.3. The van der Waals surface area contributed by atoms with Gasteiger partial charge in [0.1, 0.15) is 0 Å². The van der Waals surface area contributed by atoms with Gasteiger partial charge in [0.05, 0.1) is 11.9 Å². The Balaban J connectivity index is 1.78. The van der Waals surface area contributed by atoms with E-state index in [0.717, 1.165) is 12.2 Å². The van der Waals surface area contributed by atoms with E-state index < -0.39 is 0 Å². The normalized spacial score (nSPS) is 15.8. The van der Waals surface area contributed by atoms with Gasteiger partial charge in [0, 0.05) is 23.8 Å². The topological polar surface area (TPSA) is 29.9 Å². The van der Waals surface area contributed by atoms with Gasteiger partial charge in [-0.1, -0.05) is 18.9 Å². The summed E-state index contributed by atoms with van der Waals surface area (Å²) < 4.78 is 2.06. The predicted octanol–water partition coefficient (Wildman–Crippen LogP) is 3.83. The zero-order valence-electron chi connectivity index (χ0n) is 13.3. The third kappa shape index (κ3) is 3.18. The molecule has 0 spiro atoms. The third-order valence-corrected chi connectivity index (χ3v) is 4.50. The summed E-state index contributed by atoms with van der Waals surface area (Å²) in [6, 6.07) is 7.29. The molecule has 0 unspecified atom stereocenters. The lowest BCUT2D eigenvalue weighted by molar-refractivity contribution is 0.523. The van der Waals surface area contributed by atoms with Crippen molar-refractivity contribution in [2.24, 2.45) is 0 Å².